The van der Waals surface area contributed by atoms with Crippen LogP contribution in [0.25, 0.3) is 10.9 Å². The number of nitrogens with one attached hydrogen (secondary N) is 1. The number of H-pyrrole nitrogens is 1. The maximum absolute atomic E-state index is 12.7. The molecule has 3 aromatic rings. The number of aromatic amines is 1. The number of nitro benzene ring substituents is 1. The summed E-state index contributed by atoms with van der Waals surface area (Å²) in [6.07, 6.45) is 0.158. The molecule has 0 radical (unpaired) electrons. The molecule has 0 saturated heterocycles. The molecule has 1 amide bonds. The highest BCUT2D eigenvalue weighted by molar-refractivity contribution is 6.31. The van der Waals surface area contributed by atoms with Crippen LogP contribution in [0.4, 0.5) is 10.5 Å². The summed E-state index contributed by atoms with van der Waals surface area (Å²) in [5.74, 6) is 0.206. The van der Waals surface area contributed by atoms with E-state index < -0.39 is 17.1 Å². The van der Waals surface area contributed by atoms with Crippen molar-refractivity contribution < 1.29 is 14.5 Å². The van der Waals surface area contributed by atoms with E-state index in [1.165, 1.54) is 12.1 Å². The van der Waals surface area contributed by atoms with Gasteiger partial charge in [0.2, 0.25) is 0 Å². The number of rotatable bonds is 4. The van der Waals surface area contributed by atoms with Gasteiger partial charge in [0.1, 0.15) is 12.6 Å². The van der Waals surface area contributed by atoms with Crippen molar-refractivity contribution in [3.63, 3.8) is 0 Å². The second-order valence-corrected chi connectivity index (χ2v) is 7.52. The zero-order valence-electron chi connectivity index (χ0n) is 15.2. The number of hydrogen-bond acceptors (Lipinski definition) is 4. The van der Waals surface area contributed by atoms with Gasteiger partial charge in [-0.1, -0.05) is 11.6 Å². The van der Waals surface area contributed by atoms with Crippen LogP contribution in [0.5, 0.6) is 0 Å². The van der Waals surface area contributed by atoms with Crippen LogP contribution in [0.3, 0.4) is 0 Å². The van der Waals surface area contributed by atoms with E-state index in [0.29, 0.717) is 18.0 Å². The second-order valence-electron chi connectivity index (χ2n) is 6.71. The molecule has 1 unspecified atom stereocenters. The van der Waals surface area contributed by atoms with Gasteiger partial charge in [0.15, 0.2) is 0 Å². The topological polar surface area (TPSA) is 88.5 Å². The maximum atomic E-state index is 12.7. The molecular weight excluding hydrogens is 417 g/mol. The number of hydrogen-bond donors (Lipinski definition) is 1. The molecule has 2 heterocycles. The lowest BCUT2D eigenvalue weighted by Crippen LogP contribution is -2.41. The highest BCUT2D eigenvalue weighted by Gasteiger charge is 2.35. The third-order valence-electron chi connectivity index (χ3n) is 5.05. The molecule has 1 aromatic heterocycles. The van der Waals surface area contributed by atoms with Gasteiger partial charge in [0.05, 0.1) is 10.8 Å². The number of nitro groups is 1. The molecule has 0 saturated carbocycles. The van der Waals surface area contributed by atoms with Crippen LogP contribution >= 0.6 is 23.2 Å². The number of fused-ring (bicyclic) bond motifs is 3. The van der Waals surface area contributed by atoms with Gasteiger partial charge in [-0.3, -0.25) is 15.0 Å². The predicted molar refractivity (Wildman–Crippen MR) is 111 cm³/mol. The third kappa shape index (κ3) is 3.63. The predicted octanol–water partition coefficient (Wildman–Crippen LogP) is 5.05. The van der Waals surface area contributed by atoms with Crippen molar-refractivity contribution in [2.75, 3.05) is 19.0 Å². The largest absolute Gasteiger partial charge is 0.448 e. The third-order valence-corrected chi connectivity index (χ3v) is 5.44. The van der Waals surface area contributed by atoms with Crippen LogP contribution in [-0.2, 0) is 11.2 Å². The lowest BCUT2D eigenvalue weighted by atomic mass is 9.92. The van der Waals surface area contributed by atoms with Crippen molar-refractivity contribution in [3.8, 4) is 0 Å². The Balaban J connectivity index is 1.82. The van der Waals surface area contributed by atoms with E-state index in [0.717, 1.165) is 27.7 Å². The summed E-state index contributed by atoms with van der Waals surface area (Å²) in [4.78, 5) is 28.3. The van der Waals surface area contributed by atoms with E-state index in [2.05, 4.69) is 4.98 Å². The Morgan fingerprint density at radius 2 is 2.03 bits per heavy atom. The number of benzene rings is 2. The minimum absolute atomic E-state index is 0.00974. The Labute approximate surface area is 176 Å². The molecule has 4 rings (SSSR count). The van der Waals surface area contributed by atoms with E-state index >= 15 is 0 Å². The van der Waals surface area contributed by atoms with E-state index in [9.17, 15) is 14.9 Å². The molecule has 9 heteroatoms. The fourth-order valence-corrected chi connectivity index (χ4v) is 4.04. The smallest absolute Gasteiger partial charge is 0.410 e. The van der Waals surface area contributed by atoms with Gasteiger partial charge in [-0.05, 0) is 47.9 Å². The van der Waals surface area contributed by atoms with E-state index in [1.54, 1.807) is 23.1 Å². The van der Waals surface area contributed by atoms with Gasteiger partial charge in [-0.25, -0.2) is 4.79 Å². The average molecular weight is 434 g/mol. The molecular formula is C20H17Cl2N3O4. The van der Waals surface area contributed by atoms with Crippen LogP contribution in [0.1, 0.15) is 22.9 Å². The standard InChI is InChI=1S/C20H17Cl2N3O4/c21-8-10-29-20(26)24-9-7-15-16-11-13(22)3-6-17(16)23-18(15)19(24)12-1-4-14(5-2-12)25(27)28/h1-6,11,19,23H,7-10H2. The van der Waals surface area contributed by atoms with Crippen LogP contribution < -0.4 is 0 Å². The maximum Gasteiger partial charge on any atom is 0.410 e. The Hall–Kier alpha value is -2.77. The van der Waals surface area contributed by atoms with Crippen LogP contribution in [0.15, 0.2) is 42.5 Å². The molecule has 0 aliphatic carbocycles. The van der Waals surface area contributed by atoms with Gasteiger partial charge in [0.25, 0.3) is 5.69 Å². The number of aromatic nitrogens is 1. The fourth-order valence-electron chi connectivity index (χ4n) is 3.79. The second kappa shape index (κ2) is 7.93. The molecule has 0 fully saturated rings. The molecule has 150 valence electrons. The number of ether oxygens (including phenoxy) is 1. The van der Waals surface area contributed by atoms with Gasteiger partial charge in [-0.2, -0.15) is 0 Å². The summed E-state index contributed by atoms with van der Waals surface area (Å²) in [7, 11) is 0. The summed E-state index contributed by atoms with van der Waals surface area (Å²) in [5, 5.41) is 12.7. The van der Waals surface area contributed by atoms with Crippen molar-refractivity contribution in [1.82, 2.24) is 9.88 Å². The van der Waals surface area contributed by atoms with Crippen LogP contribution in [0.2, 0.25) is 5.02 Å². The van der Waals surface area contributed by atoms with Gasteiger partial charge in [-0.15, -0.1) is 11.6 Å². The average Bonchev–Trinajstić information content (AvgIpc) is 3.09. The summed E-state index contributed by atoms with van der Waals surface area (Å²) in [5.41, 5.74) is 3.58. The van der Waals surface area contributed by atoms with Crippen molar-refractivity contribution in [2.45, 2.75) is 12.5 Å². The number of carbonyl (C=O) groups excluding carboxylic acids is 1. The monoisotopic (exact) mass is 433 g/mol. The summed E-state index contributed by atoms with van der Waals surface area (Å²) >= 11 is 11.8. The number of carbonyl (C=O) groups is 1. The minimum atomic E-state index is -0.476. The van der Waals surface area contributed by atoms with E-state index in [4.69, 9.17) is 27.9 Å². The molecule has 0 bridgehead atoms. The molecule has 2 aromatic carbocycles. The van der Waals surface area contributed by atoms with Crippen LogP contribution in [0, 0.1) is 10.1 Å². The van der Waals surface area contributed by atoms with Gasteiger partial charge < -0.3 is 9.72 Å². The zero-order valence-corrected chi connectivity index (χ0v) is 16.7. The molecule has 29 heavy (non-hydrogen) atoms. The summed E-state index contributed by atoms with van der Waals surface area (Å²) in [6, 6.07) is 11.3. The first-order valence-electron chi connectivity index (χ1n) is 9.03. The number of halogens is 2. The normalized spacial score (nSPS) is 15.9. The van der Waals surface area contributed by atoms with Gasteiger partial charge in [0, 0.05) is 40.3 Å². The SMILES string of the molecule is O=C(OCCCl)N1CCc2c([nH]c3ccc(Cl)cc23)C1c1ccc([N+](=O)[O-])cc1. The Kier molecular flexibility index (Phi) is 5.34. The number of amides is 1. The quantitative estimate of drug-likeness (QED) is 0.354. The summed E-state index contributed by atoms with van der Waals surface area (Å²) in [6.45, 7) is 0.550. The lowest BCUT2D eigenvalue weighted by Gasteiger charge is -2.35. The number of nitrogens with zero attached hydrogens (tertiary/aromatic N) is 2. The minimum Gasteiger partial charge on any atom is -0.448 e. The molecule has 0 spiro atoms. The number of non-ortho nitro benzene ring substituents is 1. The first-order valence-corrected chi connectivity index (χ1v) is 9.94. The van der Waals surface area contributed by atoms with Crippen molar-refractivity contribution in [1.29, 1.82) is 0 Å². The fraction of sp³-hybridized carbons (Fsp3) is 0.250. The molecule has 1 N–H and O–H groups in total. The molecule has 1 aliphatic rings. The summed E-state index contributed by atoms with van der Waals surface area (Å²) < 4.78 is 5.26. The Morgan fingerprint density at radius 1 is 1.28 bits per heavy atom. The molecule has 7 nitrogen and oxygen atoms in total. The van der Waals surface area contributed by atoms with Gasteiger partial charge >= 0.3 is 6.09 Å². The lowest BCUT2D eigenvalue weighted by molar-refractivity contribution is -0.384. The van der Waals surface area contributed by atoms with Crippen molar-refractivity contribution >= 4 is 45.9 Å². The van der Waals surface area contributed by atoms with Crippen molar-refractivity contribution in [2.24, 2.45) is 0 Å². The highest BCUT2D eigenvalue weighted by atomic mass is 35.5. The number of alkyl halides is 1. The molecule has 1 aliphatic heterocycles. The Morgan fingerprint density at radius 3 is 2.72 bits per heavy atom. The first kappa shape index (κ1) is 19.5. The van der Waals surface area contributed by atoms with Crippen LogP contribution in [-0.4, -0.2) is 39.9 Å². The Bertz CT molecular complexity index is 1080. The first-order chi connectivity index (χ1) is 14.0. The van der Waals surface area contributed by atoms with E-state index in [-0.39, 0.29) is 18.2 Å². The van der Waals surface area contributed by atoms with Crippen molar-refractivity contribution in [3.05, 3.63) is 74.4 Å². The molecule has 1 atom stereocenters. The highest BCUT2D eigenvalue weighted by Crippen LogP contribution is 2.39. The zero-order chi connectivity index (χ0) is 20.5. The van der Waals surface area contributed by atoms with E-state index in [1.807, 2.05) is 12.1 Å².